The lowest BCUT2D eigenvalue weighted by Crippen LogP contribution is -2.58. The summed E-state index contributed by atoms with van der Waals surface area (Å²) in [5, 5.41) is 12.3. The van der Waals surface area contributed by atoms with E-state index in [1.807, 2.05) is 0 Å². The van der Waals surface area contributed by atoms with Gasteiger partial charge >= 0.3 is 39.5 Å². The zero-order valence-corrected chi connectivity index (χ0v) is 32.3. The van der Waals surface area contributed by atoms with E-state index in [2.05, 4.69) is 13.7 Å². The van der Waals surface area contributed by atoms with Crippen molar-refractivity contribution in [3.63, 3.8) is 0 Å². The van der Waals surface area contributed by atoms with Crippen molar-refractivity contribution in [2.75, 3.05) is 27.1 Å². The average Bonchev–Trinajstić information content (AvgIpc) is 3.09. The first-order valence-electron chi connectivity index (χ1n) is 16.8. The van der Waals surface area contributed by atoms with Crippen molar-refractivity contribution < 1.29 is 91.2 Å². The summed E-state index contributed by atoms with van der Waals surface area (Å²) in [7, 11) is -6.44. The third-order valence-corrected chi connectivity index (χ3v) is 10.4. The first-order chi connectivity index (χ1) is 25.1. The smallest absolute Gasteiger partial charge is 0.460 e. The number of aliphatic hydroxyl groups excluding tert-OH is 1. The molecule has 12 nitrogen and oxygen atoms in total. The fourth-order valence-corrected chi connectivity index (χ4v) is 7.05. The quantitative estimate of drug-likeness (QED) is 0.0226. The number of halogens is 9. The van der Waals surface area contributed by atoms with E-state index < -0.39 is 87.5 Å². The fourth-order valence-electron chi connectivity index (χ4n) is 5.10. The third-order valence-electron chi connectivity index (χ3n) is 8.01. The Kier molecular flexibility index (Phi) is 19.7. The van der Waals surface area contributed by atoms with E-state index in [1.165, 1.54) is 29.5 Å². The van der Waals surface area contributed by atoms with Crippen molar-refractivity contribution in [3.05, 3.63) is 35.9 Å². The number of hydrogen-bond donors (Lipinski definition) is 2. The van der Waals surface area contributed by atoms with Crippen LogP contribution in [0.2, 0.25) is 0 Å². The van der Waals surface area contributed by atoms with Crippen LogP contribution in [0.1, 0.15) is 83.0 Å². The van der Waals surface area contributed by atoms with Gasteiger partial charge < -0.3 is 33.9 Å². The molecule has 0 radical (unpaired) electrons. The Hall–Kier alpha value is -1.51. The lowest BCUT2D eigenvalue weighted by atomic mass is 10.0. The molecule has 1 aliphatic rings. The van der Waals surface area contributed by atoms with Crippen LogP contribution in [0.4, 0.5) is 35.1 Å². The van der Waals surface area contributed by atoms with E-state index in [9.17, 15) is 44.7 Å². The number of alkyl halides is 9. The topological polar surface area (TPSA) is 156 Å². The highest BCUT2D eigenvalue weighted by Crippen LogP contribution is 2.49. The normalized spacial score (nSPS) is 20.0. The molecule has 0 aromatic heterocycles. The second kappa shape index (κ2) is 21.9. The molecule has 0 bridgehead atoms. The summed E-state index contributed by atoms with van der Waals surface area (Å²) in [5.74, 6) is -6.44. The zero-order valence-electron chi connectivity index (χ0n) is 29.3. The van der Waals surface area contributed by atoms with Gasteiger partial charge in [-0.15, -0.1) is 0 Å². The molecule has 2 N–H and O–H groups in total. The average molecular weight is 933 g/mol. The highest BCUT2D eigenvalue weighted by atomic mass is 127. The van der Waals surface area contributed by atoms with Crippen LogP contribution in [-0.2, 0) is 47.5 Å². The van der Waals surface area contributed by atoms with Crippen molar-refractivity contribution in [1.29, 1.82) is 0 Å². The number of aliphatic carboxylic acids is 1. The fraction of sp³-hybridized carbons (Fsp3) is 0.781. The van der Waals surface area contributed by atoms with E-state index >= 15 is 8.78 Å². The van der Waals surface area contributed by atoms with Gasteiger partial charge in [0.15, 0.2) is 18.7 Å². The summed E-state index contributed by atoms with van der Waals surface area (Å²) in [5.41, 5.74) is 0.430. The molecule has 1 heterocycles. The number of unbranched alkanes of at least 4 members (excludes halogenated alkanes) is 5. The lowest BCUT2D eigenvalue weighted by Gasteiger charge is -2.39. The van der Waals surface area contributed by atoms with E-state index in [0.717, 1.165) is 7.11 Å². The predicted molar refractivity (Wildman–Crippen MR) is 181 cm³/mol. The molecule has 1 aromatic rings. The molecule has 0 aliphatic carbocycles. The maximum Gasteiger partial charge on any atom is 0.460 e. The minimum atomic E-state index is -7.19. The zero-order chi connectivity index (χ0) is 40.8. The number of carbonyl (C=O) groups is 1. The van der Waals surface area contributed by atoms with Gasteiger partial charge in [-0.25, -0.2) is 4.74 Å². The Morgan fingerprint density at radius 3 is 2.19 bits per heavy atom. The number of benzene rings is 1. The summed E-state index contributed by atoms with van der Waals surface area (Å²) < 4.78 is 176. The number of rotatable bonds is 27. The van der Waals surface area contributed by atoms with E-state index in [4.69, 9.17) is 24.1 Å². The predicted octanol–water partition coefficient (Wildman–Crippen LogP) is 7.38. The van der Waals surface area contributed by atoms with Crippen LogP contribution >= 0.6 is 22.6 Å². The second-order valence-electron chi connectivity index (χ2n) is 12.2. The van der Waals surface area contributed by atoms with Gasteiger partial charge in [-0.3, -0.25) is 8.98 Å². The van der Waals surface area contributed by atoms with Crippen LogP contribution in [-0.4, -0.2) is 104 Å². The Balaban J connectivity index is 2.21. The third kappa shape index (κ3) is 14.1. The maximum absolute atomic E-state index is 15.1. The Labute approximate surface area is 321 Å². The van der Waals surface area contributed by atoms with Crippen LogP contribution in [0.5, 0.6) is 0 Å². The van der Waals surface area contributed by atoms with E-state index in [1.54, 1.807) is 30.3 Å². The number of ether oxygens (including phenoxy) is 6. The van der Waals surface area contributed by atoms with E-state index in [-0.39, 0.29) is 38.9 Å². The summed E-state index contributed by atoms with van der Waals surface area (Å²) in [6, 6.07) is 8.05. The Morgan fingerprint density at radius 1 is 0.981 bits per heavy atom. The van der Waals surface area contributed by atoms with Crippen molar-refractivity contribution in [1.82, 2.24) is 0 Å². The highest BCUT2D eigenvalue weighted by molar-refractivity contribution is 14.1. The summed E-state index contributed by atoms with van der Waals surface area (Å²) >= 11 is 1.36. The second-order valence-corrected chi connectivity index (χ2v) is 15.5. The van der Waals surface area contributed by atoms with Crippen LogP contribution in [0, 0.1) is 0 Å². The standard InChI is InChI=1S/C32H45F8IO12S/c1-3-48-20-50-25(23-17-18-49-28(51-23)21-13-9-8-10-14-21)26(27(44)47-2)52-54(45,46)32(39,40)31(37,38)53-30(35,36)29(33,34)19-22(41)15-11-6-4-5-7-12-16-24(42)43/h8-10,13-14,22-23,25-28,44H,3-7,11-12,15-20H2,1-2H3,(H,42,43). The van der Waals surface area contributed by atoms with Gasteiger partial charge in [0, 0.05) is 36.0 Å². The first-order valence-corrected chi connectivity index (χ1v) is 19.5. The molecule has 1 saturated heterocycles. The highest BCUT2D eigenvalue weighted by Gasteiger charge is 2.75. The molecule has 1 aliphatic heterocycles. The number of hydrogen-bond acceptors (Lipinski definition) is 11. The summed E-state index contributed by atoms with van der Waals surface area (Å²) in [6.45, 7) is 0.677. The summed E-state index contributed by atoms with van der Waals surface area (Å²) in [4.78, 5) is 10.5. The van der Waals surface area contributed by atoms with Crippen molar-refractivity contribution in [2.24, 2.45) is 0 Å². The minimum absolute atomic E-state index is 0.00100. The number of carboxylic acid groups (broad SMARTS) is 1. The molecule has 6 atom stereocenters. The van der Waals surface area contributed by atoms with Gasteiger partial charge in [-0.2, -0.15) is 43.5 Å². The van der Waals surface area contributed by atoms with Gasteiger partial charge in [-0.1, -0.05) is 85.0 Å². The largest absolute Gasteiger partial charge is 0.481 e. The van der Waals surface area contributed by atoms with Gasteiger partial charge in [0.25, 0.3) is 0 Å². The molecular weight excluding hydrogens is 887 g/mol. The lowest BCUT2D eigenvalue weighted by molar-refractivity contribution is -0.456. The number of aliphatic hydroxyl groups is 1. The molecule has 0 amide bonds. The van der Waals surface area contributed by atoms with Crippen LogP contribution in [0.25, 0.3) is 0 Å². The maximum atomic E-state index is 15.1. The van der Waals surface area contributed by atoms with Crippen molar-refractivity contribution in [3.8, 4) is 0 Å². The molecule has 0 spiro atoms. The molecule has 1 fully saturated rings. The SMILES string of the molecule is CCOCOC(C1CCOC(c2ccccc2)O1)C(OS(=O)(=O)C(F)(F)C(F)(F)OC(F)(F)C(F)(F)CC(I)CCCCCCCCC(=O)O)C(O)OC. The van der Waals surface area contributed by atoms with E-state index in [0.29, 0.717) is 37.7 Å². The molecule has 314 valence electrons. The number of methoxy groups -OCH3 is 1. The monoisotopic (exact) mass is 932 g/mol. The molecular formula is C32H45F8IO12S. The van der Waals surface area contributed by atoms with Crippen LogP contribution in [0.15, 0.2) is 30.3 Å². The molecule has 2 rings (SSSR count). The van der Waals surface area contributed by atoms with Gasteiger partial charge in [0.2, 0.25) is 0 Å². The van der Waals surface area contributed by atoms with Gasteiger partial charge in [0.1, 0.15) is 12.9 Å². The van der Waals surface area contributed by atoms with Crippen molar-refractivity contribution >= 4 is 38.7 Å². The molecule has 0 saturated carbocycles. The first kappa shape index (κ1) is 48.6. The Bertz CT molecular complexity index is 1370. The van der Waals surface area contributed by atoms with Crippen LogP contribution in [0.3, 0.4) is 0 Å². The summed E-state index contributed by atoms with van der Waals surface area (Å²) in [6.07, 6.45) is -22.1. The molecule has 54 heavy (non-hydrogen) atoms. The van der Waals surface area contributed by atoms with Gasteiger partial charge in [-0.05, 0) is 26.2 Å². The molecule has 1 aromatic carbocycles. The molecule has 22 heteroatoms. The van der Waals surface area contributed by atoms with Gasteiger partial charge in [0.05, 0.1) is 12.7 Å². The van der Waals surface area contributed by atoms with Crippen molar-refractivity contribution in [2.45, 2.75) is 129 Å². The molecule has 6 unspecified atom stereocenters. The number of carboxylic acids is 1. The minimum Gasteiger partial charge on any atom is -0.481 e. The Morgan fingerprint density at radius 2 is 1.59 bits per heavy atom. The van der Waals surface area contributed by atoms with Crippen LogP contribution < -0.4 is 0 Å².